The van der Waals surface area contributed by atoms with E-state index in [9.17, 15) is 4.79 Å². The summed E-state index contributed by atoms with van der Waals surface area (Å²) in [5, 5.41) is 3.82. The fourth-order valence-electron chi connectivity index (χ4n) is 4.28. The summed E-state index contributed by atoms with van der Waals surface area (Å²) in [7, 11) is 1.66. The van der Waals surface area contributed by atoms with Crippen molar-refractivity contribution in [2.24, 2.45) is 5.92 Å². The fraction of sp³-hybridized carbons (Fsp3) is 0.500. The molecule has 2 aromatic rings. The zero-order valence-electron chi connectivity index (χ0n) is 15.5. The third kappa shape index (κ3) is 3.12. The van der Waals surface area contributed by atoms with Crippen molar-refractivity contribution in [2.45, 2.75) is 38.8 Å². The van der Waals surface area contributed by atoms with Gasteiger partial charge in [0.25, 0.3) is 5.91 Å². The molecule has 0 spiro atoms. The number of fused-ring (bicyclic) bond motifs is 3. The van der Waals surface area contributed by atoms with Crippen LogP contribution < -0.4 is 10.1 Å². The molecule has 5 nitrogen and oxygen atoms in total. The maximum Gasteiger partial charge on any atom is 0.280 e. The molecule has 26 heavy (non-hydrogen) atoms. The summed E-state index contributed by atoms with van der Waals surface area (Å²) < 4.78 is 5.31. The highest BCUT2D eigenvalue weighted by Gasteiger charge is 2.40. The minimum Gasteiger partial charge on any atom is -0.497 e. The number of hydrogen-bond acceptors (Lipinski definition) is 5. The maximum atomic E-state index is 12.8. The van der Waals surface area contributed by atoms with E-state index in [0.717, 1.165) is 35.0 Å². The van der Waals surface area contributed by atoms with E-state index < -0.39 is 0 Å². The van der Waals surface area contributed by atoms with Crippen LogP contribution in [0.1, 0.15) is 35.3 Å². The molecule has 3 saturated heterocycles. The van der Waals surface area contributed by atoms with Gasteiger partial charge in [-0.1, -0.05) is 12.1 Å². The van der Waals surface area contributed by atoms with Crippen LogP contribution in [0.3, 0.4) is 0 Å². The normalized spacial score (nSPS) is 27.3. The number of thiazole rings is 1. The number of benzene rings is 1. The number of aromatic nitrogens is 1. The van der Waals surface area contributed by atoms with E-state index in [4.69, 9.17) is 4.74 Å². The van der Waals surface area contributed by atoms with Crippen molar-refractivity contribution in [1.29, 1.82) is 0 Å². The van der Waals surface area contributed by atoms with Crippen LogP contribution in [0.15, 0.2) is 24.3 Å². The molecule has 3 aliphatic heterocycles. The molecule has 2 bridgehead atoms. The number of nitrogens with one attached hydrogen (secondary N) is 1. The first-order chi connectivity index (χ1) is 12.6. The van der Waals surface area contributed by atoms with Crippen molar-refractivity contribution < 1.29 is 9.53 Å². The molecular formula is C20H25N3O2S. The van der Waals surface area contributed by atoms with Crippen LogP contribution in [0, 0.1) is 12.8 Å². The summed E-state index contributed by atoms with van der Waals surface area (Å²) >= 11 is 1.46. The second-order valence-electron chi connectivity index (χ2n) is 7.28. The minimum atomic E-state index is -0.0437. The lowest BCUT2D eigenvalue weighted by atomic mass is 9.79. The Balaban J connectivity index is 1.54. The van der Waals surface area contributed by atoms with Gasteiger partial charge in [0.05, 0.1) is 17.7 Å². The SMILES string of the molecule is COc1cccc(-c2sc(C(=O)N[C@@H]3C4CCN(CC4)[C@@H]3C)nc2C)c1. The molecule has 0 unspecified atom stereocenters. The van der Waals surface area contributed by atoms with E-state index in [0.29, 0.717) is 17.0 Å². The highest BCUT2D eigenvalue weighted by atomic mass is 32.1. The van der Waals surface area contributed by atoms with E-state index in [2.05, 4.69) is 22.1 Å². The maximum absolute atomic E-state index is 12.8. The van der Waals surface area contributed by atoms with Gasteiger partial charge in [-0.15, -0.1) is 11.3 Å². The number of carbonyl (C=O) groups is 1. The number of amides is 1. The van der Waals surface area contributed by atoms with Gasteiger partial charge >= 0.3 is 0 Å². The van der Waals surface area contributed by atoms with Crippen LogP contribution in [0.2, 0.25) is 0 Å². The van der Waals surface area contributed by atoms with E-state index in [1.165, 1.54) is 24.2 Å². The topological polar surface area (TPSA) is 54.5 Å². The summed E-state index contributed by atoms with van der Waals surface area (Å²) in [5.74, 6) is 1.36. The molecule has 1 aromatic heterocycles. The van der Waals surface area contributed by atoms with E-state index in [-0.39, 0.29) is 11.9 Å². The van der Waals surface area contributed by atoms with Gasteiger partial charge in [-0.25, -0.2) is 4.98 Å². The lowest BCUT2D eigenvalue weighted by Crippen LogP contribution is -2.62. The standard InChI is InChI=1S/C20H25N3O2S/c1-12-18(15-5-4-6-16(11-15)25-3)26-20(21-12)19(24)22-17-13(2)23-9-7-14(17)8-10-23/h4-6,11,13-14,17H,7-10H2,1-3H3,(H,22,24)/t13-,17+/m1/s1. The van der Waals surface area contributed by atoms with Crippen LogP contribution in [-0.2, 0) is 0 Å². The average molecular weight is 372 g/mol. The predicted molar refractivity (Wildman–Crippen MR) is 104 cm³/mol. The summed E-state index contributed by atoms with van der Waals surface area (Å²) in [4.78, 5) is 20.9. The largest absolute Gasteiger partial charge is 0.497 e. The first-order valence-electron chi connectivity index (χ1n) is 9.23. The molecule has 0 saturated carbocycles. The van der Waals surface area contributed by atoms with Crippen molar-refractivity contribution in [3.63, 3.8) is 0 Å². The lowest BCUT2D eigenvalue weighted by Gasteiger charge is -2.49. The van der Waals surface area contributed by atoms with Gasteiger partial charge in [0, 0.05) is 12.1 Å². The minimum absolute atomic E-state index is 0.0437. The fourth-order valence-corrected chi connectivity index (χ4v) is 5.25. The molecule has 0 radical (unpaired) electrons. The smallest absolute Gasteiger partial charge is 0.280 e. The molecule has 6 heteroatoms. The monoisotopic (exact) mass is 371 g/mol. The van der Waals surface area contributed by atoms with Gasteiger partial charge in [0.1, 0.15) is 5.75 Å². The van der Waals surface area contributed by atoms with Crippen LogP contribution in [0.25, 0.3) is 10.4 Å². The van der Waals surface area contributed by atoms with Gasteiger partial charge in [-0.2, -0.15) is 0 Å². The van der Waals surface area contributed by atoms with Crippen LogP contribution in [0.4, 0.5) is 0 Å². The van der Waals surface area contributed by atoms with Crippen molar-refractivity contribution in [1.82, 2.24) is 15.2 Å². The summed E-state index contributed by atoms with van der Waals surface area (Å²) in [6, 6.07) is 8.53. The number of ether oxygens (including phenoxy) is 1. The Morgan fingerprint density at radius 3 is 2.81 bits per heavy atom. The van der Waals surface area contributed by atoms with E-state index >= 15 is 0 Å². The predicted octanol–water partition coefficient (Wildman–Crippen LogP) is 3.34. The zero-order valence-corrected chi connectivity index (χ0v) is 16.3. The quantitative estimate of drug-likeness (QED) is 0.896. The molecule has 0 aliphatic carbocycles. The molecule has 3 aliphatic rings. The molecule has 1 N–H and O–H groups in total. The lowest BCUT2D eigenvalue weighted by molar-refractivity contribution is 0.0217. The molecule has 5 rings (SSSR count). The number of rotatable bonds is 4. The number of piperidine rings is 3. The van der Waals surface area contributed by atoms with Gasteiger partial charge in [0.15, 0.2) is 5.01 Å². The molecule has 138 valence electrons. The number of aryl methyl sites for hydroxylation is 1. The van der Waals surface area contributed by atoms with Crippen molar-refractivity contribution in [3.8, 4) is 16.2 Å². The van der Waals surface area contributed by atoms with Gasteiger partial charge in [-0.3, -0.25) is 9.69 Å². The van der Waals surface area contributed by atoms with Crippen molar-refractivity contribution in [3.05, 3.63) is 35.0 Å². The Hall–Kier alpha value is -1.92. The Labute approximate surface area is 158 Å². The summed E-state index contributed by atoms with van der Waals surface area (Å²) in [5.41, 5.74) is 1.92. The molecule has 1 aromatic carbocycles. The van der Waals surface area contributed by atoms with E-state index in [1.807, 2.05) is 31.2 Å². The third-order valence-corrected chi connectivity index (χ3v) is 7.00. The molecule has 3 fully saturated rings. The Morgan fingerprint density at radius 2 is 2.12 bits per heavy atom. The number of nitrogens with zero attached hydrogens (tertiary/aromatic N) is 2. The molecule has 2 atom stereocenters. The van der Waals surface area contributed by atoms with Gasteiger partial charge in [0.2, 0.25) is 0 Å². The Bertz CT molecular complexity index is 809. The molecular weight excluding hydrogens is 346 g/mol. The number of carbonyl (C=O) groups excluding carboxylic acids is 1. The molecule has 1 amide bonds. The van der Waals surface area contributed by atoms with Gasteiger partial charge in [-0.05, 0) is 63.4 Å². The number of methoxy groups -OCH3 is 1. The average Bonchev–Trinajstić information content (AvgIpc) is 3.07. The van der Waals surface area contributed by atoms with Crippen molar-refractivity contribution >= 4 is 17.2 Å². The first-order valence-corrected chi connectivity index (χ1v) is 10.0. The number of hydrogen-bond donors (Lipinski definition) is 1. The summed E-state index contributed by atoms with van der Waals surface area (Å²) in [6.07, 6.45) is 2.36. The Morgan fingerprint density at radius 1 is 1.35 bits per heavy atom. The zero-order chi connectivity index (χ0) is 18.3. The van der Waals surface area contributed by atoms with Crippen LogP contribution in [0.5, 0.6) is 5.75 Å². The van der Waals surface area contributed by atoms with Crippen LogP contribution >= 0.6 is 11.3 Å². The van der Waals surface area contributed by atoms with E-state index in [1.54, 1.807) is 7.11 Å². The molecule has 4 heterocycles. The second-order valence-corrected chi connectivity index (χ2v) is 8.28. The van der Waals surface area contributed by atoms with Gasteiger partial charge < -0.3 is 10.1 Å². The van der Waals surface area contributed by atoms with Crippen molar-refractivity contribution in [2.75, 3.05) is 20.2 Å². The summed E-state index contributed by atoms with van der Waals surface area (Å²) in [6.45, 7) is 6.51. The van der Waals surface area contributed by atoms with Crippen LogP contribution in [-0.4, -0.2) is 48.1 Å². The third-order valence-electron chi connectivity index (χ3n) is 5.80. The second kappa shape index (κ2) is 7.00. The Kier molecular flexibility index (Phi) is 4.71. The highest BCUT2D eigenvalue weighted by molar-refractivity contribution is 7.17. The highest BCUT2D eigenvalue weighted by Crippen LogP contribution is 2.34. The first kappa shape index (κ1) is 17.5.